The van der Waals surface area contributed by atoms with Crippen LogP contribution in [0.3, 0.4) is 0 Å². The largest absolute Gasteiger partial charge is 0.385 e. The van der Waals surface area contributed by atoms with Gasteiger partial charge >= 0.3 is 0 Å². The third-order valence-electron chi connectivity index (χ3n) is 12.2. The van der Waals surface area contributed by atoms with E-state index in [1.54, 1.807) is 17.8 Å². The van der Waals surface area contributed by atoms with Crippen LogP contribution in [0.15, 0.2) is 30.5 Å². The van der Waals surface area contributed by atoms with E-state index in [0.29, 0.717) is 48.6 Å². The van der Waals surface area contributed by atoms with Crippen molar-refractivity contribution in [2.24, 2.45) is 5.41 Å². The Morgan fingerprint density at radius 1 is 1.08 bits per heavy atom. The molecule has 5 aliphatic rings. The van der Waals surface area contributed by atoms with Crippen molar-refractivity contribution in [1.82, 2.24) is 35.0 Å². The molecule has 6 heterocycles. The Bertz CT molecular complexity index is 1680. The van der Waals surface area contributed by atoms with Crippen LogP contribution in [0.4, 0.5) is 26.0 Å². The molecule has 3 saturated heterocycles. The van der Waals surface area contributed by atoms with Gasteiger partial charge in [-0.1, -0.05) is 12.1 Å². The van der Waals surface area contributed by atoms with Crippen LogP contribution in [0.2, 0.25) is 0 Å². The lowest BCUT2D eigenvalue weighted by Crippen LogP contribution is -2.60. The summed E-state index contributed by atoms with van der Waals surface area (Å²) in [7, 11) is 3.50. The van der Waals surface area contributed by atoms with E-state index in [9.17, 15) is 4.79 Å². The standard InChI is InChI=1S/C36H49F2N9O2/c1-39-27-20-32(43-47-29(21-41-33(27)47)34(48)42-26-6-7-30(26)49-2)46-17-8-25-24(4-3-5-28(25)46)22-44-16-9-31(36(37,38)23-44)45-18-12-35(13-19-45)10-14-40-15-11-35/h3-5,20-21,26,30-31,39-40H,6-19,22-23H2,1-2H3,(H,42,48)/t26-,30-,31+/m1/s1. The van der Waals surface area contributed by atoms with Gasteiger partial charge in [-0.25, -0.2) is 18.3 Å². The molecule has 1 aromatic carbocycles. The van der Waals surface area contributed by atoms with Gasteiger partial charge in [0.05, 0.1) is 36.6 Å². The molecule has 0 bridgehead atoms. The molecule has 11 nitrogen and oxygen atoms in total. The zero-order valence-corrected chi connectivity index (χ0v) is 28.7. The molecular weight excluding hydrogens is 628 g/mol. The molecule has 49 heavy (non-hydrogen) atoms. The number of alkyl halides is 2. The highest BCUT2D eigenvalue weighted by molar-refractivity contribution is 5.94. The van der Waals surface area contributed by atoms with Crippen molar-refractivity contribution in [3.63, 3.8) is 0 Å². The molecule has 1 amide bonds. The Morgan fingerprint density at radius 2 is 1.90 bits per heavy atom. The zero-order chi connectivity index (χ0) is 33.8. The Balaban J connectivity index is 0.969. The molecule has 3 N–H and O–H groups in total. The average Bonchev–Trinajstić information content (AvgIpc) is 3.73. The topological polar surface area (TPSA) is 102 Å². The number of methoxy groups -OCH3 is 1. The van der Waals surface area contributed by atoms with Crippen LogP contribution >= 0.6 is 0 Å². The van der Waals surface area contributed by atoms with Crippen LogP contribution in [0.25, 0.3) is 5.65 Å². The zero-order valence-electron chi connectivity index (χ0n) is 28.7. The lowest BCUT2D eigenvalue weighted by Gasteiger charge is -2.50. The number of nitrogens with one attached hydrogen (secondary N) is 3. The fourth-order valence-electron chi connectivity index (χ4n) is 9.07. The first-order chi connectivity index (χ1) is 23.8. The minimum absolute atomic E-state index is 0.0223. The van der Waals surface area contributed by atoms with Crippen molar-refractivity contribution in [2.45, 2.75) is 82.0 Å². The van der Waals surface area contributed by atoms with Gasteiger partial charge in [-0.3, -0.25) is 14.6 Å². The maximum Gasteiger partial charge on any atom is 0.275 e. The third kappa shape index (κ3) is 6.06. The fourth-order valence-corrected chi connectivity index (χ4v) is 9.07. The number of nitrogens with zero attached hydrogens (tertiary/aromatic N) is 6. The minimum atomic E-state index is -2.75. The van der Waals surface area contributed by atoms with E-state index in [1.807, 2.05) is 24.1 Å². The van der Waals surface area contributed by atoms with Crippen LogP contribution in [0, 0.1) is 5.41 Å². The first kappa shape index (κ1) is 32.8. The van der Waals surface area contributed by atoms with Crippen molar-refractivity contribution >= 4 is 28.7 Å². The van der Waals surface area contributed by atoms with Gasteiger partial charge < -0.3 is 25.6 Å². The number of ether oxygens (including phenoxy) is 1. The number of rotatable bonds is 8. The van der Waals surface area contributed by atoms with Crippen LogP contribution < -0.4 is 20.9 Å². The number of carbonyl (C=O) groups is 1. The van der Waals surface area contributed by atoms with Crippen LogP contribution in [0.5, 0.6) is 0 Å². The molecule has 4 fully saturated rings. The van der Waals surface area contributed by atoms with E-state index >= 15 is 8.78 Å². The van der Waals surface area contributed by atoms with E-state index in [1.165, 1.54) is 18.4 Å². The van der Waals surface area contributed by atoms with E-state index in [4.69, 9.17) is 9.84 Å². The number of fused-ring (bicyclic) bond motifs is 2. The predicted octanol–water partition coefficient (Wildman–Crippen LogP) is 4.05. The summed E-state index contributed by atoms with van der Waals surface area (Å²) in [6.45, 7) is 5.34. The van der Waals surface area contributed by atoms with Crippen molar-refractivity contribution in [3.8, 4) is 0 Å². The average molecular weight is 678 g/mol. The van der Waals surface area contributed by atoms with Crippen LogP contribution in [-0.4, -0.2) is 114 Å². The monoisotopic (exact) mass is 677 g/mol. The number of carbonyl (C=O) groups excluding carboxylic acids is 1. The number of hydrogen-bond donors (Lipinski definition) is 3. The molecule has 13 heteroatoms. The van der Waals surface area contributed by atoms with E-state index in [2.05, 4.69) is 42.9 Å². The number of anilines is 3. The van der Waals surface area contributed by atoms with Crippen molar-refractivity contribution in [3.05, 3.63) is 47.3 Å². The van der Waals surface area contributed by atoms with Crippen molar-refractivity contribution in [2.75, 3.05) is 70.2 Å². The Labute approximate surface area is 286 Å². The second kappa shape index (κ2) is 13.1. The molecular formula is C36H49F2N9O2. The van der Waals surface area contributed by atoms with Crippen LogP contribution in [-0.2, 0) is 17.7 Å². The van der Waals surface area contributed by atoms with Gasteiger partial charge in [0, 0.05) is 45.5 Å². The van der Waals surface area contributed by atoms with Gasteiger partial charge in [-0.05, 0) is 100 Å². The van der Waals surface area contributed by atoms with E-state index < -0.39 is 12.0 Å². The molecule has 1 aliphatic carbocycles. The number of aromatic nitrogens is 3. The van der Waals surface area contributed by atoms with Gasteiger partial charge in [0.1, 0.15) is 0 Å². The van der Waals surface area contributed by atoms with Gasteiger partial charge in [0.2, 0.25) is 0 Å². The number of piperidine rings is 3. The van der Waals surface area contributed by atoms with Gasteiger partial charge in [-0.15, -0.1) is 5.10 Å². The lowest BCUT2D eigenvalue weighted by atomic mass is 9.71. The second-order valence-corrected chi connectivity index (χ2v) is 14.9. The maximum absolute atomic E-state index is 15.8. The molecule has 3 atom stereocenters. The molecule has 1 saturated carbocycles. The Hall–Kier alpha value is -3.39. The summed E-state index contributed by atoms with van der Waals surface area (Å²) in [6.07, 6.45) is 9.10. The molecule has 1 spiro atoms. The highest BCUT2D eigenvalue weighted by Crippen LogP contribution is 2.43. The van der Waals surface area contributed by atoms with Gasteiger partial charge in [-0.2, -0.15) is 0 Å². The lowest BCUT2D eigenvalue weighted by molar-refractivity contribution is -0.138. The van der Waals surface area contributed by atoms with Gasteiger partial charge in [0.25, 0.3) is 11.8 Å². The third-order valence-corrected chi connectivity index (χ3v) is 12.2. The van der Waals surface area contributed by atoms with E-state index in [-0.39, 0.29) is 24.6 Å². The fraction of sp³-hybridized carbons (Fsp3) is 0.639. The van der Waals surface area contributed by atoms with Crippen molar-refractivity contribution in [1.29, 1.82) is 0 Å². The molecule has 2 aromatic heterocycles. The number of amides is 1. The summed E-state index contributed by atoms with van der Waals surface area (Å²) in [5.41, 5.74) is 5.33. The predicted molar refractivity (Wildman–Crippen MR) is 185 cm³/mol. The Kier molecular flexibility index (Phi) is 8.74. The summed E-state index contributed by atoms with van der Waals surface area (Å²) < 4.78 is 38.7. The van der Waals surface area contributed by atoms with Crippen LogP contribution in [0.1, 0.15) is 66.6 Å². The summed E-state index contributed by atoms with van der Waals surface area (Å²) in [5, 5.41) is 14.7. The minimum Gasteiger partial charge on any atom is -0.385 e. The quantitative estimate of drug-likeness (QED) is 0.326. The molecule has 0 unspecified atom stereocenters. The van der Waals surface area contributed by atoms with Gasteiger partial charge in [0.15, 0.2) is 17.2 Å². The van der Waals surface area contributed by atoms with Crippen molar-refractivity contribution < 1.29 is 18.3 Å². The maximum atomic E-state index is 15.8. The number of benzene rings is 1. The summed E-state index contributed by atoms with van der Waals surface area (Å²) in [6, 6.07) is 7.43. The highest BCUT2D eigenvalue weighted by atomic mass is 19.3. The molecule has 264 valence electrons. The second-order valence-electron chi connectivity index (χ2n) is 14.9. The smallest absolute Gasteiger partial charge is 0.275 e. The first-order valence-corrected chi connectivity index (χ1v) is 18.1. The molecule has 0 radical (unpaired) electrons. The normalized spacial score (nSPS) is 26.9. The molecule has 4 aliphatic heterocycles. The number of hydrogen-bond acceptors (Lipinski definition) is 9. The molecule has 3 aromatic rings. The van der Waals surface area contributed by atoms with E-state index in [0.717, 1.165) is 75.2 Å². The summed E-state index contributed by atoms with van der Waals surface area (Å²) in [5.74, 6) is -2.29. The number of halogens is 2. The summed E-state index contributed by atoms with van der Waals surface area (Å²) in [4.78, 5) is 24.0. The SMILES string of the molecule is CNc1cc(N2CCc3c(CN4CC[C@H](N5CCC6(CCNCC6)CC5)C(F)(F)C4)cccc32)nn2c(C(=O)N[C@@H]3CC[C@H]3OC)cnc12. The molecule has 8 rings (SSSR count). The number of likely N-dealkylation sites (tertiary alicyclic amines) is 2. The number of imidazole rings is 1. The Morgan fingerprint density at radius 3 is 2.61 bits per heavy atom. The summed E-state index contributed by atoms with van der Waals surface area (Å²) >= 11 is 0. The first-order valence-electron chi connectivity index (χ1n) is 18.1. The highest BCUT2D eigenvalue weighted by Gasteiger charge is 2.49.